The van der Waals surface area contributed by atoms with Crippen LogP contribution in [0.15, 0.2) is 36.4 Å². The number of nitrogens with two attached hydrogens (primary N) is 1. The smallest absolute Gasteiger partial charge is 0.147 e. The fourth-order valence-corrected chi connectivity index (χ4v) is 2.02. The van der Waals surface area contributed by atoms with E-state index in [2.05, 4.69) is 0 Å². The normalized spacial score (nSPS) is 10.3. The number of benzene rings is 2. The molecule has 2 aromatic carbocycles. The lowest BCUT2D eigenvalue weighted by Gasteiger charge is -2.10. The highest BCUT2D eigenvalue weighted by atomic mass is 35.5. The summed E-state index contributed by atoms with van der Waals surface area (Å²) in [4.78, 5) is 0. The first kappa shape index (κ1) is 13.7. The Morgan fingerprint density at radius 1 is 1.21 bits per heavy atom. The van der Waals surface area contributed by atoms with E-state index in [-0.39, 0.29) is 5.84 Å². The van der Waals surface area contributed by atoms with E-state index in [0.29, 0.717) is 27.1 Å². The van der Waals surface area contributed by atoms with Gasteiger partial charge in [0.25, 0.3) is 0 Å². The molecule has 3 nitrogen and oxygen atoms in total. The molecule has 0 amide bonds. The van der Waals surface area contributed by atoms with Crippen molar-refractivity contribution in [1.82, 2.24) is 0 Å². The highest BCUT2D eigenvalue weighted by Gasteiger charge is 2.08. The van der Waals surface area contributed by atoms with Crippen molar-refractivity contribution in [3.05, 3.63) is 57.6 Å². The van der Waals surface area contributed by atoms with Gasteiger partial charge in [-0.3, -0.25) is 5.41 Å². The highest BCUT2D eigenvalue weighted by Crippen LogP contribution is 2.34. The number of amidine groups is 1. The number of aryl methyl sites for hydroxylation is 1. The van der Waals surface area contributed by atoms with Crippen LogP contribution in [0, 0.1) is 12.3 Å². The van der Waals surface area contributed by atoms with Crippen LogP contribution in [-0.4, -0.2) is 5.84 Å². The summed E-state index contributed by atoms with van der Waals surface area (Å²) in [6.45, 7) is 1.86. The van der Waals surface area contributed by atoms with Crippen molar-refractivity contribution >= 4 is 29.0 Å². The van der Waals surface area contributed by atoms with Crippen LogP contribution in [0.5, 0.6) is 11.5 Å². The SMILES string of the molecule is Cc1cc(Oc2cccc(Cl)c2Cl)ccc1C(=N)N. The molecule has 0 radical (unpaired) electrons. The van der Waals surface area contributed by atoms with E-state index in [1.165, 1.54) is 0 Å². The zero-order chi connectivity index (χ0) is 14.0. The summed E-state index contributed by atoms with van der Waals surface area (Å²) in [5.41, 5.74) is 7.01. The van der Waals surface area contributed by atoms with Crippen molar-refractivity contribution < 1.29 is 4.74 Å². The maximum atomic E-state index is 7.43. The number of ether oxygens (including phenoxy) is 1. The molecule has 5 heteroatoms. The standard InChI is InChI=1S/C14H12Cl2N2O/c1-8-7-9(5-6-10(8)14(17)18)19-12-4-2-3-11(15)13(12)16/h2-7H,1H3,(H3,17,18). The molecule has 19 heavy (non-hydrogen) atoms. The maximum absolute atomic E-state index is 7.43. The van der Waals surface area contributed by atoms with E-state index in [9.17, 15) is 0 Å². The zero-order valence-electron chi connectivity index (χ0n) is 10.2. The highest BCUT2D eigenvalue weighted by molar-refractivity contribution is 6.42. The van der Waals surface area contributed by atoms with Crippen LogP contribution in [0.2, 0.25) is 10.0 Å². The average Bonchev–Trinajstić information content (AvgIpc) is 2.34. The zero-order valence-corrected chi connectivity index (χ0v) is 11.7. The van der Waals surface area contributed by atoms with Crippen LogP contribution < -0.4 is 10.5 Å². The Labute approximate surface area is 121 Å². The number of nitrogens with one attached hydrogen (secondary N) is 1. The molecule has 0 heterocycles. The van der Waals surface area contributed by atoms with Crippen LogP contribution in [0.1, 0.15) is 11.1 Å². The van der Waals surface area contributed by atoms with Crippen LogP contribution >= 0.6 is 23.2 Å². The van der Waals surface area contributed by atoms with E-state index in [1.54, 1.807) is 36.4 Å². The Morgan fingerprint density at radius 2 is 1.95 bits per heavy atom. The molecule has 2 rings (SSSR count). The molecular weight excluding hydrogens is 283 g/mol. The molecule has 3 N–H and O–H groups in total. The van der Waals surface area contributed by atoms with Gasteiger partial charge >= 0.3 is 0 Å². The van der Waals surface area contributed by atoms with Crippen LogP contribution in [0.25, 0.3) is 0 Å². The predicted octanol–water partition coefficient (Wildman–Crippen LogP) is 4.38. The minimum atomic E-state index is 0.0323. The molecule has 0 aliphatic carbocycles. The number of nitrogen functional groups attached to an aromatic ring is 1. The third-order valence-corrected chi connectivity index (χ3v) is 3.43. The maximum Gasteiger partial charge on any atom is 0.147 e. The summed E-state index contributed by atoms with van der Waals surface area (Å²) in [6, 6.07) is 10.5. The summed E-state index contributed by atoms with van der Waals surface area (Å²) in [5.74, 6) is 1.14. The Morgan fingerprint density at radius 3 is 2.58 bits per heavy atom. The third-order valence-electron chi connectivity index (χ3n) is 2.63. The van der Waals surface area contributed by atoms with Gasteiger partial charge in [-0.1, -0.05) is 29.3 Å². The first-order chi connectivity index (χ1) is 8.99. The van der Waals surface area contributed by atoms with E-state index >= 15 is 0 Å². The van der Waals surface area contributed by atoms with E-state index < -0.39 is 0 Å². The van der Waals surface area contributed by atoms with Crippen molar-refractivity contribution in [1.29, 1.82) is 5.41 Å². The van der Waals surface area contributed by atoms with Crippen molar-refractivity contribution in [3.63, 3.8) is 0 Å². The van der Waals surface area contributed by atoms with Crippen molar-refractivity contribution in [2.75, 3.05) is 0 Å². The van der Waals surface area contributed by atoms with Gasteiger partial charge in [0.2, 0.25) is 0 Å². The van der Waals surface area contributed by atoms with Gasteiger partial charge in [-0.25, -0.2) is 0 Å². The molecule has 2 aromatic rings. The Bertz CT molecular complexity index is 641. The van der Waals surface area contributed by atoms with Gasteiger partial charge < -0.3 is 10.5 Å². The van der Waals surface area contributed by atoms with E-state index in [1.807, 2.05) is 6.92 Å². The molecule has 0 aliphatic heterocycles. The Hall–Kier alpha value is -1.71. The van der Waals surface area contributed by atoms with Gasteiger partial charge in [0.05, 0.1) is 5.02 Å². The molecule has 0 aromatic heterocycles. The fourth-order valence-electron chi connectivity index (χ4n) is 1.69. The molecule has 0 aliphatic rings. The predicted molar refractivity (Wildman–Crippen MR) is 78.7 cm³/mol. The minimum Gasteiger partial charge on any atom is -0.456 e. The van der Waals surface area contributed by atoms with E-state index in [4.69, 9.17) is 39.1 Å². The van der Waals surface area contributed by atoms with Gasteiger partial charge in [-0.2, -0.15) is 0 Å². The monoisotopic (exact) mass is 294 g/mol. The summed E-state index contributed by atoms with van der Waals surface area (Å²) < 4.78 is 5.68. The Kier molecular flexibility index (Phi) is 3.98. The molecule has 0 spiro atoms. The minimum absolute atomic E-state index is 0.0323. The van der Waals surface area contributed by atoms with E-state index in [0.717, 1.165) is 5.56 Å². The van der Waals surface area contributed by atoms with Crippen LogP contribution in [0.4, 0.5) is 0 Å². The third kappa shape index (κ3) is 3.00. The number of halogens is 2. The molecule has 0 fully saturated rings. The van der Waals surface area contributed by atoms with Gasteiger partial charge in [-0.15, -0.1) is 0 Å². The largest absolute Gasteiger partial charge is 0.456 e. The van der Waals surface area contributed by atoms with Gasteiger partial charge in [0.1, 0.15) is 22.4 Å². The molecule has 0 bridgehead atoms. The summed E-state index contributed by atoms with van der Waals surface area (Å²) in [5, 5.41) is 8.24. The summed E-state index contributed by atoms with van der Waals surface area (Å²) in [7, 11) is 0. The molecule has 0 saturated heterocycles. The topological polar surface area (TPSA) is 59.1 Å². The Balaban J connectivity index is 2.32. The van der Waals surface area contributed by atoms with Crippen molar-refractivity contribution in [2.24, 2.45) is 5.73 Å². The lowest BCUT2D eigenvalue weighted by atomic mass is 10.1. The summed E-state index contributed by atoms with van der Waals surface area (Å²) in [6.07, 6.45) is 0. The number of rotatable bonds is 3. The number of hydrogen-bond donors (Lipinski definition) is 2. The summed E-state index contributed by atoms with van der Waals surface area (Å²) >= 11 is 12.0. The molecule has 98 valence electrons. The first-order valence-corrected chi connectivity index (χ1v) is 6.31. The molecule has 0 unspecified atom stereocenters. The van der Waals surface area contributed by atoms with Gasteiger partial charge in [0.15, 0.2) is 0 Å². The van der Waals surface area contributed by atoms with Crippen LogP contribution in [0.3, 0.4) is 0 Å². The van der Waals surface area contributed by atoms with Crippen molar-refractivity contribution in [2.45, 2.75) is 6.92 Å². The molecule has 0 saturated carbocycles. The second-order valence-corrected chi connectivity index (χ2v) is 4.83. The van der Waals surface area contributed by atoms with Crippen molar-refractivity contribution in [3.8, 4) is 11.5 Å². The molecular formula is C14H12Cl2N2O. The lowest BCUT2D eigenvalue weighted by molar-refractivity contribution is 0.482. The number of hydrogen-bond acceptors (Lipinski definition) is 2. The second kappa shape index (κ2) is 5.51. The average molecular weight is 295 g/mol. The quantitative estimate of drug-likeness (QED) is 0.652. The van der Waals surface area contributed by atoms with Crippen LogP contribution in [-0.2, 0) is 0 Å². The lowest BCUT2D eigenvalue weighted by Crippen LogP contribution is -2.12. The second-order valence-electron chi connectivity index (χ2n) is 4.04. The fraction of sp³-hybridized carbons (Fsp3) is 0.0714. The van der Waals surface area contributed by atoms with Gasteiger partial charge in [-0.05, 0) is 42.8 Å². The molecule has 0 atom stereocenters. The van der Waals surface area contributed by atoms with Gasteiger partial charge in [0, 0.05) is 5.56 Å². The first-order valence-electron chi connectivity index (χ1n) is 5.56.